The van der Waals surface area contributed by atoms with Crippen molar-refractivity contribution in [3.8, 4) is 5.75 Å². The minimum atomic E-state index is -1.28. The van der Waals surface area contributed by atoms with E-state index in [1.807, 2.05) is 0 Å². The van der Waals surface area contributed by atoms with E-state index in [1.54, 1.807) is 61.5 Å². The number of imide groups is 1. The maximum absolute atomic E-state index is 12.5. The lowest BCUT2D eigenvalue weighted by atomic mass is 10.1. The Morgan fingerprint density at radius 1 is 1.04 bits per heavy atom. The van der Waals surface area contributed by atoms with Crippen molar-refractivity contribution in [2.24, 2.45) is 0 Å². The second-order valence-electron chi connectivity index (χ2n) is 5.79. The van der Waals surface area contributed by atoms with Gasteiger partial charge >= 0.3 is 12.0 Å². The van der Waals surface area contributed by atoms with E-state index in [0.717, 1.165) is 4.47 Å². The number of benzene rings is 2. The van der Waals surface area contributed by atoms with Crippen LogP contribution in [0.15, 0.2) is 59.1 Å². The SMILES string of the molecule is CCNC(=O)NC(=O)C(OC(=O)C(C)Oc1ccc(Br)cc1)c1ccccc1. The van der Waals surface area contributed by atoms with Gasteiger partial charge in [0.15, 0.2) is 6.10 Å². The number of amides is 3. The summed E-state index contributed by atoms with van der Waals surface area (Å²) in [6.45, 7) is 3.60. The standard InChI is InChI=1S/C20H21BrN2O5/c1-3-22-20(26)23-18(24)17(14-7-5-4-6-8-14)28-19(25)13(2)27-16-11-9-15(21)10-12-16/h4-13,17H,3H2,1-2H3,(H2,22,23,24,26). The van der Waals surface area contributed by atoms with Crippen LogP contribution in [0.2, 0.25) is 0 Å². The Labute approximate surface area is 171 Å². The molecule has 0 aliphatic rings. The number of esters is 1. The zero-order valence-electron chi connectivity index (χ0n) is 15.5. The quantitative estimate of drug-likeness (QED) is 0.633. The molecule has 0 aromatic heterocycles. The molecule has 0 fully saturated rings. The summed E-state index contributed by atoms with van der Waals surface area (Å²) in [7, 11) is 0. The van der Waals surface area contributed by atoms with Gasteiger partial charge in [0.2, 0.25) is 6.10 Å². The Hall–Kier alpha value is -2.87. The molecule has 7 nitrogen and oxygen atoms in total. The molecule has 2 aromatic carbocycles. The highest BCUT2D eigenvalue weighted by Gasteiger charge is 2.29. The average Bonchev–Trinajstić information content (AvgIpc) is 2.68. The molecule has 2 aromatic rings. The van der Waals surface area contributed by atoms with Gasteiger partial charge in [-0.25, -0.2) is 9.59 Å². The average molecular weight is 449 g/mol. The first-order chi connectivity index (χ1) is 13.4. The third-order valence-electron chi connectivity index (χ3n) is 3.61. The van der Waals surface area contributed by atoms with Crippen LogP contribution < -0.4 is 15.4 Å². The minimum Gasteiger partial charge on any atom is -0.479 e. The number of urea groups is 1. The van der Waals surface area contributed by atoms with Crippen LogP contribution in [0.3, 0.4) is 0 Å². The van der Waals surface area contributed by atoms with Gasteiger partial charge in [-0.15, -0.1) is 0 Å². The molecular weight excluding hydrogens is 428 g/mol. The summed E-state index contributed by atoms with van der Waals surface area (Å²) in [6.07, 6.45) is -2.24. The summed E-state index contributed by atoms with van der Waals surface area (Å²) in [6, 6.07) is 14.7. The van der Waals surface area contributed by atoms with Crippen molar-refractivity contribution in [1.82, 2.24) is 10.6 Å². The Morgan fingerprint density at radius 3 is 2.29 bits per heavy atom. The van der Waals surface area contributed by atoms with E-state index in [4.69, 9.17) is 9.47 Å². The van der Waals surface area contributed by atoms with E-state index < -0.39 is 30.1 Å². The van der Waals surface area contributed by atoms with Crippen molar-refractivity contribution in [3.05, 3.63) is 64.6 Å². The van der Waals surface area contributed by atoms with Gasteiger partial charge < -0.3 is 14.8 Å². The molecule has 2 atom stereocenters. The van der Waals surface area contributed by atoms with Crippen LogP contribution in [0.5, 0.6) is 5.75 Å². The van der Waals surface area contributed by atoms with Gasteiger partial charge in [0.05, 0.1) is 0 Å². The van der Waals surface area contributed by atoms with E-state index in [0.29, 0.717) is 17.9 Å². The molecule has 0 saturated heterocycles. The number of ether oxygens (including phenoxy) is 2. The summed E-state index contributed by atoms with van der Waals surface area (Å²) in [5.74, 6) is -1.00. The summed E-state index contributed by atoms with van der Waals surface area (Å²) in [4.78, 5) is 36.6. The van der Waals surface area contributed by atoms with Crippen LogP contribution in [-0.4, -0.2) is 30.6 Å². The van der Waals surface area contributed by atoms with Crippen LogP contribution in [0.1, 0.15) is 25.5 Å². The van der Waals surface area contributed by atoms with Crippen molar-refractivity contribution in [2.75, 3.05) is 6.54 Å². The fraction of sp³-hybridized carbons (Fsp3) is 0.250. The highest BCUT2D eigenvalue weighted by atomic mass is 79.9. The first-order valence-electron chi connectivity index (χ1n) is 8.67. The first kappa shape index (κ1) is 21.4. The molecule has 0 bridgehead atoms. The number of halogens is 1. The molecule has 8 heteroatoms. The number of hydrogen-bond acceptors (Lipinski definition) is 5. The highest BCUT2D eigenvalue weighted by Crippen LogP contribution is 2.21. The maximum Gasteiger partial charge on any atom is 0.348 e. The Morgan fingerprint density at radius 2 is 1.68 bits per heavy atom. The number of hydrogen-bond donors (Lipinski definition) is 2. The Kier molecular flexibility index (Phi) is 8.01. The summed E-state index contributed by atoms with van der Waals surface area (Å²) >= 11 is 3.32. The van der Waals surface area contributed by atoms with Crippen molar-refractivity contribution in [1.29, 1.82) is 0 Å². The van der Waals surface area contributed by atoms with E-state index in [9.17, 15) is 14.4 Å². The van der Waals surface area contributed by atoms with E-state index >= 15 is 0 Å². The molecule has 0 saturated carbocycles. The van der Waals surface area contributed by atoms with Gasteiger partial charge in [0.25, 0.3) is 5.91 Å². The normalized spacial score (nSPS) is 12.4. The molecule has 2 unspecified atom stereocenters. The van der Waals surface area contributed by atoms with Gasteiger partial charge in [-0.2, -0.15) is 0 Å². The molecule has 0 aliphatic carbocycles. The third-order valence-corrected chi connectivity index (χ3v) is 4.14. The van der Waals surface area contributed by atoms with Gasteiger partial charge in [0, 0.05) is 16.6 Å². The number of carbonyl (C=O) groups excluding carboxylic acids is 3. The molecule has 0 radical (unpaired) electrons. The number of nitrogens with one attached hydrogen (secondary N) is 2. The maximum atomic E-state index is 12.5. The molecule has 28 heavy (non-hydrogen) atoms. The fourth-order valence-electron chi connectivity index (χ4n) is 2.26. The highest BCUT2D eigenvalue weighted by molar-refractivity contribution is 9.10. The predicted molar refractivity (Wildman–Crippen MR) is 107 cm³/mol. The summed E-state index contributed by atoms with van der Waals surface area (Å²) < 4.78 is 11.8. The monoisotopic (exact) mass is 448 g/mol. The predicted octanol–water partition coefficient (Wildman–Crippen LogP) is 3.35. The van der Waals surface area contributed by atoms with E-state index in [1.165, 1.54) is 6.92 Å². The lowest BCUT2D eigenvalue weighted by Crippen LogP contribution is -2.43. The zero-order chi connectivity index (χ0) is 20.5. The lowest BCUT2D eigenvalue weighted by Gasteiger charge is -2.20. The molecule has 0 heterocycles. The third kappa shape index (κ3) is 6.38. The van der Waals surface area contributed by atoms with Crippen molar-refractivity contribution < 1.29 is 23.9 Å². The zero-order valence-corrected chi connectivity index (χ0v) is 17.1. The van der Waals surface area contributed by atoms with Gasteiger partial charge in [-0.1, -0.05) is 46.3 Å². The van der Waals surface area contributed by atoms with Crippen molar-refractivity contribution >= 4 is 33.8 Å². The summed E-state index contributed by atoms with van der Waals surface area (Å²) in [5.41, 5.74) is 0.438. The van der Waals surface area contributed by atoms with Crippen LogP contribution in [0.4, 0.5) is 4.79 Å². The molecule has 0 spiro atoms. The van der Waals surface area contributed by atoms with E-state index in [2.05, 4.69) is 26.6 Å². The molecule has 0 aliphatic heterocycles. The Balaban J connectivity index is 2.10. The van der Waals surface area contributed by atoms with Crippen LogP contribution >= 0.6 is 15.9 Å². The first-order valence-corrected chi connectivity index (χ1v) is 9.46. The second-order valence-corrected chi connectivity index (χ2v) is 6.71. The molecule has 2 N–H and O–H groups in total. The van der Waals surface area contributed by atoms with Crippen molar-refractivity contribution in [2.45, 2.75) is 26.1 Å². The smallest absolute Gasteiger partial charge is 0.348 e. The van der Waals surface area contributed by atoms with Crippen molar-refractivity contribution in [3.63, 3.8) is 0 Å². The Bertz CT molecular complexity index is 811. The number of carbonyl (C=O) groups is 3. The van der Waals surface area contributed by atoms with Crippen LogP contribution in [0, 0.1) is 0 Å². The van der Waals surface area contributed by atoms with Gasteiger partial charge in [-0.05, 0) is 38.1 Å². The summed E-state index contributed by atoms with van der Waals surface area (Å²) in [5, 5.41) is 4.62. The molecular formula is C20H21BrN2O5. The van der Waals surface area contributed by atoms with Gasteiger partial charge in [0.1, 0.15) is 5.75 Å². The van der Waals surface area contributed by atoms with Gasteiger partial charge in [-0.3, -0.25) is 10.1 Å². The fourth-order valence-corrected chi connectivity index (χ4v) is 2.52. The number of rotatable bonds is 7. The molecule has 148 valence electrons. The van der Waals surface area contributed by atoms with Crippen LogP contribution in [-0.2, 0) is 14.3 Å². The molecule has 3 amide bonds. The lowest BCUT2D eigenvalue weighted by molar-refractivity contribution is -0.162. The second kappa shape index (κ2) is 10.5. The largest absolute Gasteiger partial charge is 0.479 e. The van der Waals surface area contributed by atoms with Crippen LogP contribution in [0.25, 0.3) is 0 Å². The molecule has 2 rings (SSSR count). The van der Waals surface area contributed by atoms with E-state index in [-0.39, 0.29) is 0 Å². The topological polar surface area (TPSA) is 93.7 Å². The minimum absolute atomic E-state index is 0.354.